The van der Waals surface area contributed by atoms with Gasteiger partial charge in [0.05, 0.1) is 6.26 Å². The molecular weight excluding hydrogens is 264 g/mol. The maximum Gasteiger partial charge on any atom is 0.222 e. The molecule has 4 heteroatoms. The number of rotatable bonds is 7. The van der Waals surface area contributed by atoms with Crippen LogP contribution in [0.25, 0.3) is 0 Å². The lowest BCUT2D eigenvalue weighted by Crippen LogP contribution is -2.34. The Hall–Kier alpha value is -2.07. The molecule has 0 spiro atoms. The monoisotopic (exact) mass is 286 g/mol. The Kier molecular flexibility index (Phi) is 5.58. The van der Waals surface area contributed by atoms with E-state index in [0.29, 0.717) is 6.42 Å². The Morgan fingerprint density at radius 2 is 2.00 bits per heavy atom. The molecule has 0 radical (unpaired) electrons. The largest absolute Gasteiger partial charge is 0.467 e. The lowest BCUT2D eigenvalue weighted by Gasteiger charge is -2.18. The molecule has 2 rings (SSSR count). The first-order chi connectivity index (χ1) is 10.2. The summed E-state index contributed by atoms with van der Waals surface area (Å²) in [6.45, 7) is 2.06. The van der Waals surface area contributed by atoms with E-state index in [0.717, 1.165) is 24.2 Å². The van der Waals surface area contributed by atoms with Gasteiger partial charge in [0, 0.05) is 12.5 Å². The van der Waals surface area contributed by atoms with Gasteiger partial charge in [-0.3, -0.25) is 4.79 Å². The summed E-state index contributed by atoms with van der Waals surface area (Å²) in [6, 6.07) is 13.1. The van der Waals surface area contributed by atoms with E-state index < -0.39 is 0 Å². The first kappa shape index (κ1) is 15.3. The van der Waals surface area contributed by atoms with E-state index >= 15 is 0 Å². The molecule has 4 nitrogen and oxygen atoms in total. The minimum atomic E-state index is -0.275. The van der Waals surface area contributed by atoms with Crippen molar-refractivity contribution in [2.45, 2.75) is 38.3 Å². The van der Waals surface area contributed by atoms with Gasteiger partial charge in [-0.1, -0.05) is 43.7 Å². The lowest BCUT2D eigenvalue weighted by molar-refractivity contribution is -0.122. The fourth-order valence-electron chi connectivity index (χ4n) is 2.35. The third-order valence-electron chi connectivity index (χ3n) is 3.37. The number of carbonyl (C=O) groups is 1. The smallest absolute Gasteiger partial charge is 0.222 e. The molecule has 0 aliphatic rings. The van der Waals surface area contributed by atoms with E-state index in [1.54, 1.807) is 6.26 Å². The Morgan fingerprint density at radius 1 is 1.24 bits per heavy atom. The van der Waals surface area contributed by atoms with Crippen molar-refractivity contribution in [1.29, 1.82) is 0 Å². The molecule has 0 aliphatic heterocycles. The Morgan fingerprint density at radius 3 is 2.62 bits per heavy atom. The fraction of sp³-hybridized carbons (Fsp3) is 0.353. The maximum atomic E-state index is 12.2. The first-order valence-corrected chi connectivity index (χ1v) is 7.34. The summed E-state index contributed by atoms with van der Waals surface area (Å²) in [5, 5.41) is 3.01. The molecule has 1 amide bonds. The van der Waals surface area contributed by atoms with E-state index in [2.05, 4.69) is 12.2 Å². The van der Waals surface area contributed by atoms with Gasteiger partial charge in [0.1, 0.15) is 11.8 Å². The average Bonchev–Trinajstić information content (AvgIpc) is 3.00. The molecule has 1 aromatic carbocycles. The van der Waals surface area contributed by atoms with E-state index in [-0.39, 0.29) is 18.0 Å². The van der Waals surface area contributed by atoms with Crippen LogP contribution in [0.3, 0.4) is 0 Å². The van der Waals surface area contributed by atoms with Crippen LogP contribution in [-0.4, -0.2) is 11.9 Å². The van der Waals surface area contributed by atoms with Crippen LogP contribution >= 0.6 is 0 Å². The average molecular weight is 286 g/mol. The van der Waals surface area contributed by atoms with Crippen LogP contribution in [0.2, 0.25) is 0 Å². The molecule has 1 heterocycles. The number of furan rings is 1. The van der Waals surface area contributed by atoms with Crippen molar-refractivity contribution in [2.75, 3.05) is 0 Å². The highest BCUT2D eigenvalue weighted by atomic mass is 16.3. The number of nitrogens with two attached hydrogens (primary N) is 1. The van der Waals surface area contributed by atoms with Crippen LogP contribution in [0.15, 0.2) is 53.1 Å². The van der Waals surface area contributed by atoms with Crippen LogP contribution < -0.4 is 11.1 Å². The molecule has 2 unspecified atom stereocenters. The third kappa shape index (κ3) is 4.46. The molecular formula is C17H22N2O2. The second-order valence-electron chi connectivity index (χ2n) is 5.18. The zero-order valence-electron chi connectivity index (χ0n) is 12.3. The first-order valence-electron chi connectivity index (χ1n) is 7.34. The topological polar surface area (TPSA) is 68.3 Å². The molecule has 0 saturated heterocycles. The molecule has 3 N–H and O–H groups in total. The summed E-state index contributed by atoms with van der Waals surface area (Å²) in [7, 11) is 0. The van der Waals surface area contributed by atoms with Gasteiger partial charge in [0.2, 0.25) is 5.91 Å². The number of amides is 1. The molecule has 0 fully saturated rings. The number of hydrogen-bond acceptors (Lipinski definition) is 3. The Labute approximate surface area is 125 Å². The standard InChI is InChI=1S/C17H22N2O2/c1-2-7-14(18)12-16(20)19-17(15-10-6-11-21-15)13-8-4-3-5-9-13/h3-6,8-11,14,17H,2,7,12,18H2,1H3,(H,19,20). The van der Waals surface area contributed by atoms with Gasteiger partial charge in [0.25, 0.3) is 0 Å². The summed E-state index contributed by atoms with van der Waals surface area (Å²) in [5.41, 5.74) is 6.92. The van der Waals surface area contributed by atoms with E-state index in [9.17, 15) is 4.79 Å². The summed E-state index contributed by atoms with van der Waals surface area (Å²) < 4.78 is 5.46. The summed E-state index contributed by atoms with van der Waals surface area (Å²) >= 11 is 0. The quantitative estimate of drug-likeness (QED) is 0.822. The fourth-order valence-corrected chi connectivity index (χ4v) is 2.35. The van der Waals surface area contributed by atoms with Crippen molar-refractivity contribution in [1.82, 2.24) is 5.32 Å². The third-order valence-corrected chi connectivity index (χ3v) is 3.37. The summed E-state index contributed by atoms with van der Waals surface area (Å²) in [6.07, 6.45) is 3.77. The summed E-state index contributed by atoms with van der Waals surface area (Å²) in [4.78, 5) is 12.2. The number of hydrogen-bond donors (Lipinski definition) is 2. The minimum Gasteiger partial charge on any atom is -0.467 e. The number of carbonyl (C=O) groups excluding carboxylic acids is 1. The molecule has 0 bridgehead atoms. The van der Waals surface area contributed by atoms with Gasteiger partial charge in [-0.15, -0.1) is 0 Å². The molecule has 2 aromatic rings. The van der Waals surface area contributed by atoms with Crippen LogP contribution in [0.1, 0.15) is 43.6 Å². The molecule has 112 valence electrons. The predicted molar refractivity (Wildman–Crippen MR) is 82.6 cm³/mol. The normalized spacial score (nSPS) is 13.6. The van der Waals surface area contributed by atoms with Crippen molar-refractivity contribution >= 4 is 5.91 Å². The van der Waals surface area contributed by atoms with Gasteiger partial charge in [-0.25, -0.2) is 0 Å². The van der Waals surface area contributed by atoms with Gasteiger partial charge in [0.15, 0.2) is 0 Å². The maximum absolute atomic E-state index is 12.2. The zero-order valence-corrected chi connectivity index (χ0v) is 12.3. The molecule has 2 atom stereocenters. The Bertz CT molecular complexity index is 537. The highest BCUT2D eigenvalue weighted by Crippen LogP contribution is 2.22. The Balaban J connectivity index is 2.09. The molecule has 1 aromatic heterocycles. The van der Waals surface area contributed by atoms with Gasteiger partial charge >= 0.3 is 0 Å². The van der Waals surface area contributed by atoms with Crippen molar-refractivity contribution < 1.29 is 9.21 Å². The molecule has 0 aliphatic carbocycles. The van der Waals surface area contributed by atoms with Crippen molar-refractivity contribution in [3.8, 4) is 0 Å². The van der Waals surface area contributed by atoms with Gasteiger partial charge < -0.3 is 15.5 Å². The number of nitrogens with one attached hydrogen (secondary N) is 1. The van der Waals surface area contributed by atoms with Gasteiger partial charge in [-0.2, -0.15) is 0 Å². The van der Waals surface area contributed by atoms with Crippen molar-refractivity contribution in [3.63, 3.8) is 0 Å². The SMILES string of the molecule is CCCC(N)CC(=O)NC(c1ccccc1)c1ccco1. The zero-order chi connectivity index (χ0) is 15.1. The minimum absolute atomic E-state index is 0.0544. The van der Waals surface area contributed by atoms with Crippen LogP contribution in [0, 0.1) is 0 Å². The van der Waals surface area contributed by atoms with Crippen LogP contribution in [0.5, 0.6) is 0 Å². The van der Waals surface area contributed by atoms with Crippen LogP contribution in [0.4, 0.5) is 0 Å². The predicted octanol–water partition coefficient (Wildman–Crippen LogP) is 3.00. The second kappa shape index (κ2) is 7.64. The van der Waals surface area contributed by atoms with Crippen molar-refractivity contribution in [3.05, 3.63) is 60.1 Å². The van der Waals surface area contributed by atoms with E-state index in [1.807, 2.05) is 42.5 Å². The van der Waals surface area contributed by atoms with Crippen LogP contribution in [-0.2, 0) is 4.79 Å². The lowest BCUT2D eigenvalue weighted by atomic mass is 10.0. The summed E-state index contributed by atoms with van der Waals surface area (Å²) in [5.74, 6) is 0.666. The highest BCUT2D eigenvalue weighted by molar-refractivity contribution is 5.77. The number of benzene rings is 1. The van der Waals surface area contributed by atoms with E-state index in [1.165, 1.54) is 0 Å². The molecule has 0 saturated carbocycles. The van der Waals surface area contributed by atoms with Crippen molar-refractivity contribution in [2.24, 2.45) is 5.73 Å². The molecule has 21 heavy (non-hydrogen) atoms. The van der Waals surface area contributed by atoms with E-state index in [4.69, 9.17) is 10.2 Å². The second-order valence-corrected chi connectivity index (χ2v) is 5.18. The van der Waals surface area contributed by atoms with Gasteiger partial charge in [-0.05, 0) is 24.1 Å². The highest BCUT2D eigenvalue weighted by Gasteiger charge is 2.20.